The van der Waals surface area contributed by atoms with Crippen molar-refractivity contribution >= 4 is 10.8 Å². The SMILES string of the molecule is C=CCC(=C)COc1cccc2ccccc12. The Morgan fingerprint density at radius 3 is 2.71 bits per heavy atom. The Bertz CT molecular complexity index is 535. The summed E-state index contributed by atoms with van der Waals surface area (Å²) in [4.78, 5) is 0. The van der Waals surface area contributed by atoms with E-state index in [0.29, 0.717) is 6.61 Å². The summed E-state index contributed by atoms with van der Waals surface area (Å²) in [5, 5.41) is 2.33. The lowest BCUT2D eigenvalue weighted by atomic mass is 10.1. The first-order valence-corrected chi connectivity index (χ1v) is 5.69. The Morgan fingerprint density at radius 1 is 1.12 bits per heavy atom. The summed E-state index contributed by atoms with van der Waals surface area (Å²) < 4.78 is 5.79. The molecule has 0 atom stereocenters. The lowest BCUT2D eigenvalue weighted by molar-refractivity contribution is 0.354. The molecular weight excluding hydrogens is 208 g/mol. The quantitative estimate of drug-likeness (QED) is 0.686. The normalized spacial score (nSPS) is 10.1. The molecule has 0 aromatic heterocycles. The Hall–Kier alpha value is -2.02. The average Bonchev–Trinajstić information content (AvgIpc) is 2.36. The molecule has 0 saturated heterocycles. The van der Waals surface area contributed by atoms with Gasteiger partial charge in [-0.3, -0.25) is 0 Å². The van der Waals surface area contributed by atoms with Crippen LogP contribution < -0.4 is 4.74 Å². The Balaban J connectivity index is 2.18. The van der Waals surface area contributed by atoms with Gasteiger partial charge < -0.3 is 4.74 Å². The van der Waals surface area contributed by atoms with Crippen LogP contribution in [0.5, 0.6) is 5.75 Å². The molecule has 2 aromatic carbocycles. The highest BCUT2D eigenvalue weighted by atomic mass is 16.5. The minimum atomic E-state index is 0.542. The fourth-order valence-electron chi connectivity index (χ4n) is 1.76. The zero-order valence-electron chi connectivity index (χ0n) is 9.86. The molecule has 2 aromatic rings. The van der Waals surface area contributed by atoms with Gasteiger partial charge in [-0.05, 0) is 23.4 Å². The van der Waals surface area contributed by atoms with Crippen molar-refractivity contribution in [2.45, 2.75) is 6.42 Å². The van der Waals surface area contributed by atoms with Crippen molar-refractivity contribution in [3.63, 3.8) is 0 Å². The third-order valence-corrected chi connectivity index (χ3v) is 2.61. The second-order valence-corrected chi connectivity index (χ2v) is 4.01. The highest BCUT2D eigenvalue weighted by Gasteiger charge is 2.01. The van der Waals surface area contributed by atoms with Gasteiger partial charge in [-0.2, -0.15) is 0 Å². The first-order valence-electron chi connectivity index (χ1n) is 5.69. The predicted octanol–water partition coefficient (Wildman–Crippen LogP) is 4.35. The van der Waals surface area contributed by atoms with Crippen molar-refractivity contribution in [2.24, 2.45) is 0 Å². The van der Waals surface area contributed by atoms with Gasteiger partial charge >= 0.3 is 0 Å². The van der Waals surface area contributed by atoms with Crippen LogP contribution in [0.25, 0.3) is 10.8 Å². The number of fused-ring (bicyclic) bond motifs is 1. The Labute approximate surface area is 102 Å². The van der Waals surface area contributed by atoms with E-state index in [1.54, 1.807) is 0 Å². The van der Waals surface area contributed by atoms with E-state index in [1.807, 2.05) is 30.3 Å². The van der Waals surface area contributed by atoms with E-state index in [4.69, 9.17) is 4.74 Å². The molecule has 2 rings (SSSR count). The topological polar surface area (TPSA) is 9.23 Å². The smallest absolute Gasteiger partial charge is 0.127 e. The van der Waals surface area contributed by atoms with Crippen molar-refractivity contribution in [3.05, 3.63) is 67.3 Å². The molecule has 0 aliphatic carbocycles. The Kier molecular flexibility index (Phi) is 3.61. The van der Waals surface area contributed by atoms with Crippen LogP contribution in [0.15, 0.2) is 67.3 Å². The van der Waals surface area contributed by atoms with Crippen LogP contribution in [0.1, 0.15) is 6.42 Å². The van der Waals surface area contributed by atoms with E-state index in [0.717, 1.165) is 23.1 Å². The summed E-state index contributed by atoms with van der Waals surface area (Å²) in [5.41, 5.74) is 1.04. The van der Waals surface area contributed by atoms with Crippen molar-refractivity contribution in [3.8, 4) is 5.75 Å². The largest absolute Gasteiger partial charge is 0.489 e. The molecule has 86 valence electrons. The van der Waals surface area contributed by atoms with E-state index in [1.165, 1.54) is 5.39 Å². The van der Waals surface area contributed by atoms with Crippen LogP contribution in [-0.2, 0) is 0 Å². The lowest BCUT2D eigenvalue weighted by Crippen LogP contribution is -1.99. The van der Waals surface area contributed by atoms with Crippen molar-refractivity contribution in [1.29, 1.82) is 0 Å². The monoisotopic (exact) mass is 224 g/mol. The predicted molar refractivity (Wildman–Crippen MR) is 73.4 cm³/mol. The van der Waals surface area contributed by atoms with Gasteiger partial charge in [-0.1, -0.05) is 49.1 Å². The average molecular weight is 224 g/mol. The second kappa shape index (κ2) is 5.35. The minimum Gasteiger partial charge on any atom is -0.489 e. The van der Waals surface area contributed by atoms with Gasteiger partial charge in [0.25, 0.3) is 0 Å². The zero-order valence-corrected chi connectivity index (χ0v) is 9.86. The molecule has 0 aliphatic heterocycles. The molecule has 0 aliphatic rings. The fourth-order valence-corrected chi connectivity index (χ4v) is 1.76. The van der Waals surface area contributed by atoms with Crippen LogP contribution >= 0.6 is 0 Å². The maximum atomic E-state index is 5.79. The van der Waals surface area contributed by atoms with E-state index in [-0.39, 0.29) is 0 Å². The van der Waals surface area contributed by atoms with Crippen LogP contribution in [-0.4, -0.2) is 6.61 Å². The van der Waals surface area contributed by atoms with Gasteiger partial charge in [0.2, 0.25) is 0 Å². The van der Waals surface area contributed by atoms with Crippen molar-refractivity contribution in [2.75, 3.05) is 6.61 Å². The van der Waals surface area contributed by atoms with Crippen molar-refractivity contribution in [1.82, 2.24) is 0 Å². The first kappa shape index (κ1) is 11.5. The van der Waals surface area contributed by atoms with E-state index >= 15 is 0 Å². The standard InChI is InChI=1S/C16H16O/c1-3-7-13(2)12-17-16-11-6-9-14-8-4-5-10-15(14)16/h3-6,8-11H,1-2,7,12H2. The van der Waals surface area contributed by atoms with Gasteiger partial charge in [-0.15, -0.1) is 6.58 Å². The summed E-state index contributed by atoms with van der Waals surface area (Å²) in [7, 11) is 0. The van der Waals surface area contributed by atoms with Crippen LogP contribution in [0.2, 0.25) is 0 Å². The van der Waals surface area contributed by atoms with Gasteiger partial charge in [0.05, 0.1) is 0 Å². The van der Waals surface area contributed by atoms with E-state index < -0.39 is 0 Å². The summed E-state index contributed by atoms with van der Waals surface area (Å²) in [5.74, 6) is 0.910. The number of rotatable bonds is 5. The maximum Gasteiger partial charge on any atom is 0.127 e. The number of hydrogen-bond donors (Lipinski definition) is 0. The maximum absolute atomic E-state index is 5.79. The minimum absolute atomic E-state index is 0.542. The molecule has 0 bridgehead atoms. The summed E-state index contributed by atoms with van der Waals surface area (Å²) in [6, 6.07) is 14.3. The third-order valence-electron chi connectivity index (χ3n) is 2.61. The van der Waals surface area contributed by atoms with Gasteiger partial charge in [-0.25, -0.2) is 0 Å². The fraction of sp³-hybridized carbons (Fsp3) is 0.125. The van der Waals surface area contributed by atoms with Crippen LogP contribution in [0, 0.1) is 0 Å². The molecule has 0 spiro atoms. The van der Waals surface area contributed by atoms with Gasteiger partial charge in [0, 0.05) is 5.39 Å². The number of allylic oxidation sites excluding steroid dienone is 1. The van der Waals surface area contributed by atoms with E-state index in [9.17, 15) is 0 Å². The summed E-state index contributed by atoms with van der Waals surface area (Å²) in [6.45, 7) is 8.17. The zero-order chi connectivity index (χ0) is 12.1. The molecule has 17 heavy (non-hydrogen) atoms. The highest BCUT2D eigenvalue weighted by molar-refractivity contribution is 5.88. The second-order valence-electron chi connectivity index (χ2n) is 4.01. The Morgan fingerprint density at radius 2 is 1.88 bits per heavy atom. The van der Waals surface area contributed by atoms with Gasteiger partial charge in [0.1, 0.15) is 12.4 Å². The van der Waals surface area contributed by atoms with Crippen LogP contribution in [0.3, 0.4) is 0 Å². The third kappa shape index (κ3) is 2.76. The number of ether oxygens (including phenoxy) is 1. The van der Waals surface area contributed by atoms with Gasteiger partial charge in [0.15, 0.2) is 0 Å². The van der Waals surface area contributed by atoms with Crippen LogP contribution in [0.4, 0.5) is 0 Å². The summed E-state index contributed by atoms with van der Waals surface area (Å²) >= 11 is 0. The molecule has 0 heterocycles. The molecule has 0 unspecified atom stereocenters. The summed E-state index contributed by atoms with van der Waals surface area (Å²) in [6.07, 6.45) is 2.64. The molecular formula is C16H16O. The molecule has 0 radical (unpaired) electrons. The molecule has 0 N–H and O–H groups in total. The molecule has 0 amide bonds. The first-order chi connectivity index (χ1) is 8.31. The molecule has 0 fully saturated rings. The van der Waals surface area contributed by atoms with Crippen molar-refractivity contribution < 1.29 is 4.74 Å². The highest BCUT2D eigenvalue weighted by Crippen LogP contribution is 2.25. The van der Waals surface area contributed by atoms with E-state index in [2.05, 4.69) is 31.4 Å². The molecule has 1 nitrogen and oxygen atoms in total. The molecule has 0 saturated carbocycles. The molecule has 1 heteroatoms. The number of hydrogen-bond acceptors (Lipinski definition) is 1. The lowest BCUT2D eigenvalue weighted by Gasteiger charge is -2.10. The number of benzene rings is 2.